The van der Waals surface area contributed by atoms with Gasteiger partial charge in [-0.25, -0.2) is 9.67 Å². The SMILES string of the molecule is CCCc1cc(CN)cc(-n2ncc3ccccc32)n1. The molecule has 0 saturated heterocycles. The highest BCUT2D eigenvalue weighted by molar-refractivity contribution is 5.79. The zero-order valence-corrected chi connectivity index (χ0v) is 11.6. The number of benzene rings is 1. The Kier molecular flexibility index (Phi) is 3.48. The molecular weight excluding hydrogens is 248 g/mol. The fourth-order valence-corrected chi connectivity index (χ4v) is 2.40. The van der Waals surface area contributed by atoms with Crippen molar-refractivity contribution in [3.63, 3.8) is 0 Å². The lowest BCUT2D eigenvalue weighted by Gasteiger charge is -2.08. The van der Waals surface area contributed by atoms with E-state index in [1.807, 2.05) is 29.1 Å². The minimum absolute atomic E-state index is 0.519. The van der Waals surface area contributed by atoms with E-state index in [9.17, 15) is 0 Å². The third kappa shape index (κ3) is 2.30. The smallest absolute Gasteiger partial charge is 0.154 e. The van der Waals surface area contributed by atoms with Crippen molar-refractivity contribution in [2.45, 2.75) is 26.3 Å². The van der Waals surface area contributed by atoms with E-state index in [2.05, 4.69) is 30.2 Å². The number of aryl methyl sites for hydroxylation is 1. The normalized spacial score (nSPS) is 11.1. The number of pyridine rings is 1. The second kappa shape index (κ2) is 5.43. The molecule has 3 aromatic rings. The lowest BCUT2D eigenvalue weighted by molar-refractivity contribution is 0.822. The minimum atomic E-state index is 0.519. The summed E-state index contributed by atoms with van der Waals surface area (Å²) >= 11 is 0. The summed E-state index contributed by atoms with van der Waals surface area (Å²) in [4.78, 5) is 4.71. The molecule has 0 spiro atoms. The van der Waals surface area contributed by atoms with Crippen LogP contribution in [0.4, 0.5) is 0 Å². The van der Waals surface area contributed by atoms with Gasteiger partial charge in [-0.15, -0.1) is 0 Å². The number of para-hydroxylation sites is 1. The van der Waals surface area contributed by atoms with Crippen molar-refractivity contribution < 1.29 is 0 Å². The summed E-state index contributed by atoms with van der Waals surface area (Å²) in [5.74, 6) is 0.845. The standard InChI is InChI=1S/C16H18N4/c1-2-5-14-8-12(10-17)9-16(19-14)20-15-7-4-3-6-13(15)11-18-20/h3-4,6-9,11H,2,5,10,17H2,1H3. The number of rotatable bonds is 4. The molecule has 3 rings (SSSR count). The number of fused-ring (bicyclic) bond motifs is 1. The van der Waals surface area contributed by atoms with Crippen molar-refractivity contribution in [3.05, 3.63) is 53.9 Å². The van der Waals surface area contributed by atoms with Crippen LogP contribution < -0.4 is 5.73 Å². The average Bonchev–Trinajstić information content (AvgIpc) is 2.91. The third-order valence-electron chi connectivity index (χ3n) is 3.36. The van der Waals surface area contributed by atoms with E-state index in [1.54, 1.807) is 0 Å². The highest BCUT2D eigenvalue weighted by Crippen LogP contribution is 2.18. The van der Waals surface area contributed by atoms with Crippen molar-refractivity contribution >= 4 is 10.9 Å². The summed E-state index contributed by atoms with van der Waals surface area (Å²) in [6.45, 7) is 2.67. The molecule has 0 atom stereocenters. The van der Waals surface area contributed by atoms with Crippen molar-refractivity contribution in [3.8, 4) is 5.82 Å². The lowest BCUT2D eigenvalue weighted by atomic mass is 10.1. The Morgan fingerprint density at radius 3 is 2.85 bits per heavy atom. The zero-order valence-electron chi connectivity index (χ0n) is 11.6. The molecule has 0 bridgehead atoms. The van der Waals surface area contributed by atoms with E-state index in [4.69, 9.17) is 10.7 Å². The molecule has 2 N–H and O–H groups in total. The maximum atomic E-state index is 5.79. The van der Waals surface area contributed by atoms with Crippen LogP contribution in [-0.4, -0.2) is 14.8 Å². The molecule has 102 valence electrons. The lowest BCUT2D eigenvalue weighted by Crippen LogP contribution is -2.06. The molecule has 0 radical (unpaired) electrons. The second-order valence-electron chi connectivity index (χ2n) is 4.89. The van der Waals surface area contributed by atoms with Gasteiger partial charge in [-0.2, -0.15) is 5.10 Å². The van der Waals surface area contributed by atoms with Crippen LogP contribution in [0.3, 0.4) is 0 Å². The van der Waals surface area contributed by atoms with Gasteiger partial charge in [0.2, 0.25) is 0 Å². The van der Waals surface area contributed by atoms with E-state index in [0.717, 1.165) is 40.8 Å². The number of aromatic nitrogens is 3. The summed E-state index contributed by atoms with van der Waals surface area (Å²) in [6, 6.07) is 12.2. The van der Waals surface area contributed by atoms with Crippen molar-refractivity contribution in [2.75, 3.05) is 0 Å². The largest absolute Gasteiger partial charge is 0.326 e. The first-order chi connectivity index (χ1) is 9.81. The predicted molar refractivity (Wildman–Crippen MR) is 80.8 cm³/mol. The number of hydrogen-bond donors (Lipinski definition) is 1. The van der Waals surface area contributed by atoms with Gasteiger partial charge >= 0.3 is 0 Å². The molecule has 0 saturated carbocycles. The summed E-state index contributed by atoms with van der Waals surface area (Å²) < 4.78 is 1.88. The van der Waals surface area contributed by atoms with Gasteiger partial charge in [-0.1, -0.05) is 31.5 Å². The monoisotopic (exact) mass is 266 g/mol. The fraction of sp³-hybridized carbons (Fsp3) is 0.250. The Hall–Kier alpha value is -2.20. The maximum Gasteiger partial charge on any atom is 0.154 e. The Bertz CT molecular complexity index is 730. The van der Waals surface area contributed by atoms with Crippen LogP contribution in [-0.2, 0) is 13.0 Å². The van der Waals surface area contributed by atoms with Crippen LogP contribution >= 0.6 is 0 Å². The van der Waals surface area contributed by atoms with Crippen molar-refractivity contribution in [2.24, 2.45) is 5.73 Å². The molecule has 0 aliphatic heterocycles. The minimum Gasteiger partial charge on any atom is -0.326 e. The van der Waals surface area contributed by atoms with E-state index in [1.165, 1.54) is 0 Å². The van der Waals surface area contributed by atoms with E-state index in [0.29, 0.717) is 6.54 Å². The molecule has 0 fully saturated rings. The van der Waals surface area contributed by atoms with Crippen LogP contribution in [0.5, 0.6) is 0 Å². The fourth-order valence-electron chi connectivity index (χ4n) is 2.40. The molecule has 1 aromatic carbocycles. The number of hydrogen-bond acceptors (Lipinski definition) is 3. The van der Waals surface area contributed by atoms with Crippen molar-refractivity contribution in [1.82, 2.24) is 14.8 Å². The molecule has 0 aliphatic carbocycles. The van der Waals surface area contributed by atoms with Gasteiger partial charge < -0.3 is 5.73 Å². The highest BCUT2D eigenvalue weighted by Gasteiger charge is 2.08. The van der Waals surface area contributed by atoms with Crippen LogP contribution in [0, 0.1) is 0 Å². The maximum absolute atomic E-state index is 5.79. The van der Waals surface area contributed by atoms with Gasteiger partial charge in [-0.05, 0) is 30.2 Å². The van der Waals surface area contributed by atoms with Crippen LogP contribution in [0.15, 0.2) is 42.6 Å². The molecule has 2 heterocycles. The van der Waals surface area contributed by atoms with E-state index < -0.39 is 0 Å². The third-order valence-corrected chi connectivity index (χ3v) is 3.36. The number of nitrogens with two attached hydrogens (primary N) is 1. The van der Waals surface area contributed by atoms with Gasteiger partial charge in [-0.3, -0.25) is 0 Å². The van der Waals surface area contributed by atoms with Crippen LogP contribution in [0.2, 0.25) is 0 Å². The van der Waals surface area contributed by atoms with Gasteiger partial charge in [0.15, 0.2) is 5.82 Å². The van der Waals surface area contributed by atoms with E-state index in [-0.39, 0.29) is 0 Å². The van der Waals surface area contributed by atoms with Gasteiger partial charge in [0.1, 0.15) is 0 Å². The molecule has 2 aromatic heterocycles. The second-order valence-corrected chi connectivity index (χ2v) is 4.89. The molecule has 0 aliphatic rings. The first kappa shape index (κ1) is 12.8. The Morgan fingerprint density at radius 1 is 1.20 bits per heavy atom. The Labute approximate surface area is 118 Å². The summed E-state index contributed by atoms with van der Waals surface area (Å²) in [6.07, 6.45) is 3.89. The predicted octanol–water partition coefficient (Wildman–Crippen LogP) is 2.83. The zero-order chi connectivity index (χ0) is 13.9. The Morgan fingerprint density at radius 2 is 2.05 bits per heavy atom. The summed E-state index contributed by atoms with van der Waals surface area (Å²) in [5.41, 5.74) is 9.03. The van der Waals surface area contributed by atoms with Gasteiger partial charge in [0.25, 0.3) is 0 Å². The van der Waals surface area contributed by atoms with Gasteiger partial charge in [0.05, 0.1) is 11.7 Å². The Balaban J connectivity index is 2.15. The highest BCUT2D eigenvalue weighted by atomic mass is 15.3. The average molecular weight is 266 g/mol. The van der Waals surface area contributed by atoms with Crippen LogP contribution in [0.1, 0.15) is 24.6 Å². The topological polar surface area (TPSA) is 56.7 Å². The first-order valence-corrected chi connectivity index (χ1v) is 6.95. The van der Waals surface area contributed by atoms with Crippen molar-refractivity contribution in [1.29, 1.82) is 0 Å². The molecule has 20 heavy (non-hydrogen) atoms. The van der Waals surface area contributed by atoms with Gasteiger partial charge in [0, 0.05) is 17.6 Å². The van der Waals surface area contributed by atoms with Crippen LogP contribution in [0.25, 0.3) is 16.7 Å². The molecular formula is C16H18N4. The molecule has 4 nitrogen and oxygen atoms in total. The quantitative estimate of drug-likeness (QED) is 0.790. The number of nitrogens with zero attached hydrogens (tertiary/aromatic N) is 3. The molecule has 0 unspecified atom stereocenters. The summed E-state index contributed by atoms with van der Waals surface area (Å²) in [7, 11) is 0. The molecule has 0 amide bonds. The van der Waals surface area contributed by atoms with E-state index >= 15 is 0 Å². The first-order valence-electron chi connectivity index (χ1n) is 6.95. The molecule has 4 heteroatoms. The summed E-state index contributed by atoms with van der Waals surface area (Å²) in [5, 5.41) is 5.57.